The van der Waals surface area contributed by atoms with Crippen molar-refractivity contribution in [3.05, 3.63) is 60.2 Å². The lowest BCUT2D eigenvalue weighted by atomic mass is 10.1. The highest BCUT2D eigenvalue weighted by molar-refractivity contribution is 5.62. The third kappa shape index (κ3) is 3.46. The summed E-state index contributed by atoms with van der Waals surface area (Å²) < 4.78 is 41.3. The maximum absolute atomic E-state index is 13.0. The molecule has 27 heavy (non-hydrogen) atoms. The number of hydrogen-bond acceptors (Lipinski definition) is 5. The molecule has 0 unspecified atom stereocenters. The van der Waals surface area contributed by atoms with Crippen molar-refractivity contribution in [2.75, 3.05) is 5.32 Å². The van der Waals surface area contributed by atoms with E-state index < -0.39 is 12.0 Å². The summed E-state index contributed by atoms with van der Waals surface area (Å²) in [7, 11) is 1.84. The maximum Gasteiger partial charge on any atom is 0.453 e. The van der Waals surface area contributed by atoms with E-state index in [4.69, 9.17) is 0 Å². The number of nitrogens with one attached hydrogen (secondary N) is 1. The van der Waals surface area contributed by atoms with Crippen LogP contribution in [-0.4, -0.2) is 29.6 Å². The van der Waals surface area contributed by atoms with Gasteiger partial charge in [-0.05, 0) is 29.3 Å². The predicted molar refractivity (Wildman–Crippen MR) is 91.8 cm³/mol. The number of anilines is 1. The lowest BCUT2D eigenvalue weighted by Crippen LogP contribution is -2.13. The Hall–Kier alpha value is -3.43. The first-order chi connectivity index (χ1) is 12.9. The highest BCUT2D eigenvalue weighted by Crippen LogP contribution is 2.27. The van der Waals surface area contributed by atoms with Gasteiger partial charge in [-0.1, -0.05) is 18.2 Å². The van der Waals surface area contributed by atoms with E-state index in [0.717, 1.165) is 16.7 Å². The zero-order valence-electron chi connectivity index (χ0n) is 14.1. The molecule has 1 aromatic carbocycles. The van der Waals surface area contributed by atoms with Gasteiger partial charge in [-0.15, -0.1) is 15.3 Å². The highest BCUT2D eigenvalue weighted by Gasteiger charge is 2.37. The van der Waals surface area contributed by atoms with Gasteiger partial charge in [0.15, 0.2) is 5.65 Å². The number of aryl methyl sites for hydroxylation is 1. The van der Waals surface area contributed by atoms with E-state index in [1.54, 1.807) is 16.9 Å². The van der Waals surface area contributed by atoms with Crippen molar-refractivity contribution in [3.8, 4) is 11.1 Å². The molecule has 0 aliphatic carbocycles. The zero-order chi connectivity index (χ0) is 19.0. The van der Waals surface area contributed by atoms with Gasteiger partial charge in [0, 0.05) is 25.4 Å². The molecule has 0 aliphatic heterocycles. The molecule has 0 radical (unpaired) electrons. The van der Waals surface area contributed by atoms with Crippen molar-refractivity contribution in [2.45, 2.75) is 12.7 Å². The van der Waals surface area contributed by atoms with Crippen LogP contribution < -0.4 is 5.32 Å². The molecule has 4 aromatic rings. The number of fused-ring (bicyclic) bond motifs is 1. The van der Waals surface area contributed by atoms with Crippen molar-refractivity contribution in [2.24, 2.45) is 7.05 Å². The normalized spacial score (nSPS) is 11.9. The quantitative estimate of drug-likeness (QED) is 0.595. The summed E-state index contributed by atoms with van der Waals surface area (Å²) in [6, 6.07) is 10.8. The lowest BCUT2D eigenvalue weighted by molar-refractivity contribution is -0.146. The fraction of sp³-hybridized carbons (Fsp3) is 0.176. The molecule has 1 N–H and O–H groups in total. The number of aromatic nitrogens is 6. The molecular formula is C17H14F3N7. The van der Waals surface area contributed by atoms with E-state index in [1.807, 2.05) is 37.5 Å². The molecule has 3 heterocycles. The van der Waals surface area contributed by atoms with Crippen LogP contribution in [0.1, 0.15) is 11.4 Å². The number of benzene rings is 1. The largest absolute Gasteiger partial charge is 0.453 e. The Morgan fingerprint density at radius 3 is 2.67 bits per heavy atom. The summed E-state index contributed by atoms with van der Waals surface area (Å²) in [4.78, 5) is 0. The van der Waals surface area contributed by atoms with Crippen LogP contribution in [-0.2, 0) is 19.8 Å². The zero-order valence-corrected chi connectivity index (χ0v) is 14.1. The molecule has 0 saturated heterocycles. The van der Waals surface area contributed by atoms with Gasteiger partial charge in [0.2, 0.25) is 0 Å². The van der Waals surface area contributed by atoms with Crippen LogP contribution in [0.25, 0.3) is 16.8 Å². The second kappa shape index (κ2) is 6.38. The summed E-state index contributed by atoms with van der Waals surface area (Å²) in [5, 5.41) is 17.8. The Kier molecular flexibility index (Phi) is 4.02. The molecule has 4 rings (SSSR count). The molecule has 0 amide bonds. The average molecular weight is 373 g/mol. The maximum atomic E-state index is 13.0. The van der Waals surface area contributed by atoms with Crippen LogP contribution in [0.2, 0.25) is 0 Å². The SMILES string of the molecule is Cn1cc(-c2cccc(CNc3ccc4nnc(C(F)(F)F)n4n3)c2)cn1. The third-order valence-electron chi connectivity index (χ3n) is 3.96. The summed E-state index contributed by atoms with van der Waals surface area (Å²) in [6.07, 6.45) is -0.942. The molecule has 0 aliphatic rings. The molecule has 0 atom stereocenters. The van der Waals surface area contributed by atoms with E-state index in [9.17, 15) is 13.2 Å². The van der Waals surface area contributed by atoms with Crippen molar-refractivity contribution in [1.82, 2.24) is 29.6 Å². The summed E-state index contributed by atoms with van der Waals surface area (Å²) in [6.45, 7) is 0.399. The Morgan fingerprint density at radius 1 is 1.07 bits per heavy atom. The van der Waals surface area contributed by atoms with Crippen LogP contribution in [0.15, 0.2) is 48.8 Å². The Bertz CT molecular complexity index is 1100. The second-order valence-corrected chi connectivity index (χ2v) is 5.97. The highest BCUT2D eigenvalue weighted by atomic mass is 19.4. The Labute approximate surface area is 151 Å². The average Bonchev–Trinajstić information content (AvgIpc) is 3.25. The summed E-state index contributed by atoms with van der Waals surface area (Å²) >= 11 is 0. The van der Waals surface area contributed by atoms with Gasteiger partial charge in [0.25, 0.3) is 5.82 Å². The lowest BCUT2D eigenvalue weighted by Gasteiger charge is -2.08. The fourth-order valence-electron chi connectivity index (χ4n) is 2.68. The third-order valence-corrected chi connectivity index (χ3v) is 3.96. The monoisotopic (exact) mass is 373 g/mol. The second-order valence-electron chi connectivity index (χ2n) is 5.97. The van der Waals surface area contributed by atoms with Gasteiger partial charge < -0.3 is 5.32 Å². The molecule has 0 saturated carbocycles. The number of hydrogen-bond donors (Lipinski definition) is 1. The van der Waals surface area contributed by atoms with Crippen LogP contribution >= 0.6 is 0 Å². The minimum absolute atomic E-state index is 0.0337. The standard InChI is InChI=1S/C17H14F3N7/c1-26-10-13(9-22-26)12-4-2-3-11(7-12)8-21-14-5-6-15-23-24-16(17(18,19)20)27(15)25-14/h2-7,9-10H,8H2,1H3,(H,21,25). The smallest absolute Gasteiger partial charge is 0.365 e. The molecule has 3 aromatic heterocycles. The van der Waals surface area contributed by atoms with Crippen molar-refractivity contribution < 1.29 is 13.2 Å². The van der Waals surface area contributed by atoms with Crippen LogP contribution in [0.4, 0.5) is 19.0 Å². The van der Waals surface area contributed by atoms with Gasteiger partial charge in [-0.25, -0.2) is 0 Å². The van der Waals surface area contributed by atoms with Crippen LogP contribution in [0, 0.1) is 0 Å². The van der Waals surface area contributed by atoms with E-state index in [2.05, 4.69) is 25.7 Å². The molecule has 0 spiro atoms. The number of halogens is 3. The minimum atomic E-state index is -4.62. The molecule has 0 fully saturated rings. The van der Waals surface area contributed by atoms with Crippen LogP contribution in [0.3, 0.4) is 0 Å². The van der Waals surface area contributed by atoms with Gasteiger partial charge in [-0.3, -0.25) is 4.68 Å². The van der Waals surface area contributed by atoms with Gasteiger partial charge in [0.05, 0.1) is 6.20 Å². The molecule has 7 nitrogen and oxygen atoms in total. The van der Waals surface area contributed by atoms with E-state index in [0.29, 0.717) is 16.9 Å². The first kappa shape index (κ1) is 17.0. The predicted octanol–water partition coefficient (Wildman–Crippen LogP) is 3.16. The van der Waals surface area contributed by atoms with E-state index in [1.165, 1.54) is 6.07 Å². The minimum Gasteiger partial charge on any atom is -0.365 e. The topological polar surface area (TPSA) is 72.9 Å². The van der Waals surface area contributed by atoms with Crippen molar-refractivity contribution in [1.29, 1.82) is 0 Å². The molecule has 138 valence electrons. The molecule has 0 bridgehead atoms. The van der Waals surface area contributed by atoms with Gasteiger partial charge >= 0.3 is 6.18 Å². The first-order valence-electron chi connectivity index (χ1n) is 8.02. The summed E-state index contributed by atoms with van der Waals surface area (Å²) in [5.41, 5.74) is 2.98. The Balaban J connectivity index is 1.55. The first-order valence-corrected chi connectivity index (χ1v) is 8.02. The van der Waals surface area contributed by atoms with Crippen molar-refractivity contribution >= 4 is 11.5 Å². The van der Waals surface area contributed by atoms with Crippen molar-refractivity contribution in [3.63, 3.8) is 0 Å². The number of nitrogens with zero attached hydrogens (tertiary/aromatic N) is 6. The Morgan fingerprint density at radius 2 is 1.93 bits per heavy atom. The summed E-state index contributed by atoms with van der Waals surface area (Å²) in [5.74, 6) is -0.862. The van der Waals surface area contributed by atoms with E-state index in [-0.39, 0.29) is 5.65 Å². The fourth-order valence-corrected chi connectivity index (χ4v) is 2.68. The number of alkyl halides is 3. The number of rotatable bonds is 4. The molecule has 10 heteroatoms. The van der Waals surface area contributed by atoms with Crippen LogP contribution in [0.5, 0.6) is 0 Å². The van der Waals surface area contributed by atoms with Gasteiger partial charge in [-0.2, -0.15) is 22.8 Å². The van der Waals surface area contributed by atoms with E-state index >= 15 is 0 Å². The van der Waals surface area contributed by atoms with Gasteiger partial charge in [0.1, 0.15) is 5.82 Å². The molecular weight excluding hydrogens is 359 g/mol.